The highest BCUT2D eigenvalue weighted by atomic mass is 19.1. The molecule has 0 N–H and O–H groups in total. The SMILES string of the molecule is Fc1ccc([C@@]23CCCC[C@@H]2O3)cc1. The Morgan fingerprint density at radius 1 is 1.21 bits per heavy atom. The summed E-state index contributed by atoms with van der Waals surface area (Å²) in [5, 5.41) is 0. The third-order valence-electron chi connectivity index (χ3n) is 3.41. The van der Waals surface area contributed by atoms with Crippen LogP contribution in [-0.4, -0.2) is 6.10 Å². The minimum Gasteiger partial charge on any atom is -0.361 e. The predicted octanol–water partition coefficient (Wildman–Crippen LogP) is 2.99. The fourth-order valence-corrected chi connectivity index (χ4v) is 2.58. The van der Waals surface area contributed by atoms with Crippen molar-refractivity contribution in [2.24, 2.45) is 0 Å². The molecule has 2 atom stereocenters. The van der Waals surface area contributed by atoms with E-state index in [1.807, 2.05) is 12.1 Å². The van der Waals surface area contributed by atoms with Crippen molar-refractivity contribution in [3.8, 4) is 0 Å². The van der Waals surface area contributed by atoms with Gasteiger partial charge in [0, 0.05) is 0 Å². The van der Waals surface area contributed by atoms with Gasteiger partial charge in [-0.25, -0.2) is 4.39 Å². The predicted molar refractivity (Wildman–Crippen MR) is 51.4 cm³/mol. The highest BCUT2D eigenvalue weighted by molar-refractivity contribution is 5.30. The minimum atomic E-state index is -0.168. The zero-order valence-corrected chi connectivity index (χ0v) is 8.00. The van der Waals surface area contributed by atoms with Crippen LogP contribution in [0.5, 0.6) is 0 Å². The van der Waals surface area contributed by atoms with Crippen molar-refractivity contribution in [1.29, 1.82) is 0 Å². The maximum Gasteiger partial charge on any atom is 0.123 e. The monoisotopic (exact) mass is 192 g/mol. The first-order valence-corrected chi connectivity index (χ1v) is 5.25. The lowest BCUT2D eigenvalue weighted by atomic mass is 9.84. The molecule has 2 heteroatoms. The third-order valence-corrected chi connectivity index (χ3v) is 3.41. The summed E-state index contributed by atoms with van der Waals surface area (Å²) in [5.74, 6) is -0.168. The number of ether oxygens (including phenoxy) is 1. The summed E-state index contributed by atoms with van der Waals surface area (Å²) in [6.45, 7) is 0. The summed E-state index contributed by atoms with van der Waals surface area (Å²) in [6.07, 6.45) is 5.17. The third kappa shape index (κ3) is 1.10. The highest BCUT2D eigenvalue weighted by Gasteiger charge is 2.58. The average Bonchev–Trinajstić information content (AvgIpc) is 2.94. The van der Waals surface area contributed by atoms with Crippen LogP contribution in [0.4, 0.5) is 4.39 Å². The van der Waals surface area contributed by atoms with Gasteiger partial charge in [-0.1, -0.05) is 25.0 Å². The van der Waals surface area contributed by atoms with E-state index in [4.69, 9.17) is 4.74 Å². The van der Waals surface area contributed by atoms with E-state index >= 15 is 0 Å². The van der Waals surface area contributed by atoms with E-state index < -0.39 is 0 Å². The zero-order valence-electron chi connectivity index (χ0n) is 8.00. The molecule has 1 heterocycles. The Kier molecular flexibility index (Phi) is 1.68. The molecule has 74 valence electrons. The summed E-state index contributed by atoms with van der Waals surface area (Å²) in [6, 6.07) is 6.77. The van der Waals surface area contributed by atoms with E-state index in [0.29, 0.717) is 6.10 Å². The van der Waals surface area contributed by atoms with Gasteiger partial charge in [-0.2, -0.15) is 0 Å². The second-order valence-corrected chi connectivity index (χ2v) is 4.25. The lowest BCUT2D eigenvalue weighted by Gasteiger charge is -2.17. The molecule has 1 saturated heterocycles. The van der Waals surface area contributed by atoms with Crippen molar-refractivity contribution in [2.75, 3.05) is 0 Å². The van der Waals surface area contributed by atoms with Crippen molar-refractivity contribution in [3.63, 3.8) is 0 Å². The van der Waals surface area contributed by atoms with E-state index in [-0.39, 0.29) is 11.4 Å². The summed E-state index contributed by atoms with van der Waals surface area (Å²) in [4.78, 5) is 0. The van der Waals surface area contributed by atoms with Crippen molar-refractivity contribution in [3.05, 3.63) is 35.6 Å². The Labute approximate surface area is 82.9 Å². The van der Waals surface area contributed by atoms with Crippen LogP contribution in [0, 0.1) is 5.82 Å². The topological polar surface area (TPSA) is 12.5 Å². The lowest BCUT2D eigenvalue weighted by molar-refractivity contribution is 0.289. The number of epoxide rings is 1. The van der Waals surface area contributed by atoms with Gasteiger partial charge in [-0.3, -0.25) is 0 Å². The highest BCUT2D eigenvalue weighted by Crippen LogP contribution is 2.55. The molecule has 1 aliphatic carbocycles. The van der Waals surface area contributed by atoms with Crippen LogP contribution in [-0.2, 0) is 10.3 Å². The standard InChI is InChI=1S/C12H13FO/c13-10-6-4-9(5-7-10)12-8-2-1-3-11(12)14-12/h4-7,11H,1-3,8H2/t11-,12-/m0/s1. The van der Waals surface area contributed by atoms with Crippen LogP contribution in [0.15, 0.2) is 24.3 Å². The summed E-state index contributed by atoms with van der Waals surface area (Å²) >= 11 is 0. The molecule has 1 saturated carbocycles. The molecule has 1 aromatic carbocycles. The van der Waals surface area contributed by atoms with Crippen LogP contribution in [0.25, 0.3) is 0 Å². The molecule has 0 aromatic heterocycles. The minimum absolute atomic E-state index is 0.0358. The molecule has 14 heavy (non-hydrogen) atoms. The van der Waals surface area contributed by atoms with Crippen molar-refractivity contribution < 1.29 is 9.13 Å². The molecule has 0 amide bonds. The molecule has 0 radical (unpaired) electrons. The first kappa shape index (κ1) is 8.42. The van der Waals surface area contributed by atoms with Gasteiger partial charge in [0.15, 0.2) is 0 Å². The smallest absolute Gasteiger partial charge is 0.123 e. The van der Waals surface area contributed by atoms with Crippen molar-refractivity contribution in [2.45, 2.75) is 37.4 Å². The number of hydrogen-bond donors (Lipinski definition) is 0. The van der Waals surface area contributed by atoms with Gasteiger partial charge in [0.05, 0.1) is 6.10 Å². The normalized spacial score (nSPS) is 35.1. The molecule has 1 nitrogen and oxygen atoms in total. The van der Waals surface area contributed by atoms with Crippen LogP contribution >= 0.6 is 0 Å². The first-order valence-electron chi connectivity index (χ1n) is 5.25. The molecule has 3 rings (SSSR count). The molecule has 0 unspecified atom stereocenters. The number of fused-ring (bicyclic) bond motifs is 1. The average molecular weight is 192 g/mol. The molecule has 0 spiro atoms. The Hall–Kier alpha value is -0.890. The zero-order chi connectivity index (χ0) is 9.60. The second-order valence-electron chi connectivity index (χ2n) is 4.25. The second kappa shape index (κ2) is 2.80. The summed E-state index contributed by atoms with van der Waals surface area (Å²) < 4.78 is 18.5. The van der Waals surface area contributed by atoms with Gasteiger partial charge >= 0.3 is 0 Å². The van der Waals surface area contributed by atoms with Gasteiger partial charge < -0.3 is 4.74 Å². The first-order chi connectivity index (χ1) is 6.81. The van der Waals surface area contributed by atoms with Gasteiger partial charge in [-0.05, 0) is 30.5 Å². The van der Waals surface area contributed by atoms with E-state index in [0.717, 1.165) is 18.4 Å². The van der Waals surface area contributed by atoms with Gasteiger partial charge in [0.2, 0.25) is 0 Å². The fraction of sp³-hybridized carbons (Fsp3) is 0.500. The van der Waals surface area contributed by atoms with E-state index in [1.165, 1.54) is 25.0 Å². The molecular formula is C12H13FO. The van der Waals surface area contributed by atoms with Gasteiger partial charge in [0.1, 0.15) is 11.4 Å². The molecular weight excluding hydrogens is 179 g/mol. The quantitative estimate of drug-likeness (QED) is 0.623. The molecule has 2 fully saturated rings. The van der Waals surface area contributed by atoms with E-state index in [9.17, 15) is 4.39 Å². The van der Waals surface area contributed by atoms with Crippen LogP contribution in [0.1, 0.15) is 31.2 Å². The summed E-state index contributed by atoms with van der Waals surface area (Å²) in [5.41, 5.74) is 1.12. The van der Waals surface area contributed by atoms with E-state index in [2.05, 4.69) is 0 Å². The maximum atomic E-state index is 12.8. The van der Waals surface area contributed by atoms with Crippen LogP contribution in [0.3, 0.4) is 0 Å². The molecule has 1 aliphatic heterocycles. The van der Waals surface area contributed by atoms with Gasteiger partial charge in [-0.15, -0.1) is 0 Å². The Bertz CT molecular complexity index is 346. The van der Waals surface area contributed by atoms with Crippen molar-refractivity contribution in [1.82, 2.24) is 0 Å². The number of benzene rings is 1. The van der Waals surface area contributed by atoms with Crippen molar-refractivity contribution >= 4 is 0 Å². The van der Waals surface area contributed by atoms with Gasteiger partial charge in [0.25, 0.3) is 0 Å². The van der Waals surface area contributed by atoms with E-state index in [1.54, 1.807) is 0 Å². The number of halogens is 1. The molecule has 0 bridgehead atoms. The molecule has 2 aliphatic rings. The van der Waals surface area contributed by atoms with Crippen LogP contribution in [0.2, 0.25) is 0 Å². The Morgan fingerprint density at radius 3 is 2.71 bits per heavy atom. The molecule has 1 aromatic rings. The maximum absolute atomic E-state index is 12.8. The number of rotatable bonds is 1. The lowest BCUT2D eigenvalue weighted by Crippen LogP contribution is -2.16. The largest absolute Gasteiger partial charge is 0.361 e. The summed E-state index contributed by atoms with van der Waals surface area (Å²) in [7, 11) is 0. The fourth-order valence-electron chi connectivity index (χ4n) is 2.58. The number of hydrogen-bond acceptors (Lipinski definition) is 1. The Morgan fingerprint density at radius 2 is 2.00 bits per heavy atom. The van der Waals surface area contributed by atoms with Crippen LogP contribution < -0.4 is 0 Å². The Balaban J connectivity index is 1.92.